The van der Waals surface area contributed by atoms with Gasteiger partial charge in [-0.2, -0.15) is 0 Å². The zero-order chi connectivity index (χ0) is 42.3. The molecule has 0 radical (unpaired) electrons. The molecule has 312 valence electrons. The summed E-state index contributed by atoms with van der Waals surface area (Å²) < 4.78 is 94.4. The molecule has 4 atom stereocenters. The highest BCUT2D eigenvalue weighted by atomic mass is 28.6. The molecule has 6 aromatic carbocycles. The van der Waals surface area contributed by atoms with Crippen LogP contribution in [-0.4, -0.2) is 70.4 Å². The van der Waals surface area contributed by atoms with Crippen molar-refractivity contribution in [3.8, 4) is 0 Å². The third-order valence-electron chi connectivity index (χ3n) is 11.2. The van der Waals surface area contributed by atoms with E-state index in [2.05, 4.69) is 11.5 Å². The van der Waals surface area contributed by atoms with Crippen molar-refractivity contribution in [2.24, 2.45) is 0 Å². The molecule has 63 heavy (non-hydrogen) atoms. The number of benzene rings is 6. The lowest BCUT2D eigenvalue weighted by molar-refractivity contribution is -0.00584. The summed E-state index contributed by atoms with van der Waals surface area (Å²) in [4.78, 5) is 0. The normalized spacial score (nSPS) is 36.1. The van der Waals surface area contributed by atoms with Crippen LogP contribution in [0.5, 0.6) is 0 Å². The van der Waals surface area contributed by atoms with Gasteiger partial charge in [0.15, 0.2) is 0 Å². The first-order valence-corrected chi connectivity index (χ1v) is 34.6. The summed E-state index contributed by atoms with van der Waals surface area (Å²) in [6, 6.07) is 57.3. The summed E-state index contributed by atoms with van der Waals surface area (Å²) in [6.45, 7) is 1.80. The predicted molar refractivity (Wildman–Crippen MR) is 246 cm³/mol. The third kappa shape index (κ3) is 6.50. The van der Waals surface area contributed by atoms with E-state index in [1.165, 1.54) is 0 Å². The van der Waals surface area contributed by atoms with E-state index in [4.69, 9.17) is 49.4 Å². The van der Waals surface area contributed by atoms with Gasteiger partial charge in [-0.3, -0.25) is 0 Å². The zero-order valence-electron chi connectivity index (χ0n) is 33.5. The largest absolute Gasteiger partial charge is 0.516 e. The topological polar surface area (TPSA) is 111 Å². The molecule has 6 aliphatic heterocycles. The van der Waals surface area contributed by atoms with Crippen LogP contribution in [-0.2, 0) is 49.4 Å². The number of allylic oxidation sites excluding steroid dienone is 4. The summed E-state index contributed by atoms with van der Waals surface area (Å²) in [6.07, 6.45) is 5.31. The molecule has 20 heteroatoms. The van der Waals surface area contributed by atoms with Crippen molar-refractivity contribution in [2.75, 3.05) is 0 Å². The van der Waals surface area contributed by atoms with Crippen molar-refractivity contribution < 1.29 is 49.4 Å². The Hall–Kier alpha value is -4.38. The molecule has 7 aliphatic rings. The second kappa shape index (κ2) is 14.8. The average molecular weight is 969 g/mol. The molecule has 0 N–H and O–H groups in total. The summed E-state index contributed by atoms with van der Waals surface area (Å²) in [5.74, 6) is 0. The first-order chi connectivity index (χ1) is 30.7. The smallest absolute Gasteiger partial charge is 0.370 e. The van der Waals surface area contributed by atoms with Crippen LogP contribution in [0, 0.1) is 0 Å². The van der Waals surface area contributed by atoms with Gasteiger partial charge in [-0.25, -0.2) is 0 Å². The Morgan fingerprint density at radius 1 is 0.286 bits per heavy atom. The Labute approximate surface area is 372 Å². The van der Waals surface area contributed by atoms with E-state index in [-0.39, 0.29) is 0 Å². The van der Waals surface area contributed by atoms with Gasteiger partial charge in [-0.05, 0) is 18.2 Å². The van der Waals surface area contributed by atoms with Crippen molar-refractivity contribution in [3.05, 3.63) is 217 Å². The molecule has 0 spiro atoms. The number of hydrogen-bond acceptors (Lipinski definition) is 12. The zero-order valence-corrected chi connectivity index (χ0v) is 41.5. The van der Waals surface area contributed by atoms with E-state index in [0.717, 1.165) is 0 Å². The van der Waals surface area contributed by atoms with Gasteiger partial charge in [0.2, 0.25) is 0 Å². The van der Waals surface area contributed by atoms with E-state index in [0.29, 0.717) is 36.3 Å². The predicted octanol–water partition coefficient (Wildman–Crippen LogP) is 3.18. The van der Waals surface area contributed by atoms with Crippen LogP contribution in [0.2, 0.25) is 6.55 Å². The van der Waals surface area contributed by atoms with Crippen molar-refractivity contribution in [1.29, 1.82) is 0 Å². The summed E-state index contributed by atoms with van der Waals surface area (Å²) in [7, 11) is -36.7. The number of rotatable bonds is 7. The lowest BCUT2D eigenvalue weighted by Gasteiger charge is -2.62. The minimum absolute atomic E-state index is 0.499. The molecular formula is C43H36O12Si8. The van der Waals surface area contributed by atoms with Gasteiger partial charge in [-0.15, -0.1) is 0 Å². The molecule has 0 aromatic heterocycles. The molecule has 6 saturated heterocycles. The first-order valence-electron chi connectivity index (χ1n) is 20.4. The van der Waals surface area contributed by atoms with Gasteiger partial charge < -0.3 is 49.4 Å². The Balaban J connectivity index is 1.28. The molecule has 8 bridgehead atoms. The van der Waals surface area contributed by atoms with Crippen LogP contribution in [0.4, 0.5) is 0 Å². The highest BCUT2D eigenvalue weighted by Gasteiger charge is 2.85. The van der Waals surface area contributed by atoms with Crippen LogP contribution in [0.15, 0.2) is 217 Å². The van der Waals surface area contributed by atoms with E-state index in [1.54, 1.807) is 18.7 Å². The summed E-state index contributed by atoms with van der Waals surface area (Å²) >= 11 is 0. The van der Waals surface area contributed by atoms with Crippen LogP contribution in [0.1, 0.15) is 0 Å². The van der Waals surface area contributed by atoms with Gasteiger partial charge in [0.05, 0.1) is 0 Å². The minimum Gasteiger partial charge on any atom is -0.370 e. The molecule has 6 heterocycles. The SMILES string of the molecule is C[Si]12O[Si]3(c4ccccc4)O[Si]4(C5=CC=C=C=C5)O[Si](c5ccccc5)(O1)O[Si]1(c5ccccc5)O[Si](c5ccccc5)(O2)O[Si](c2ccccc2)(O3)O[Si](c2ccccc2)(O4)O1. The van der Waals surface area contributed by atoms with Gasteiger partial charge in [-0.1, -0.05) is 193 Å². The number of hydrogen-bond donors (Lipinski definition) is 0. The van der Waals surface area contributed by atoms with E-state index in [9.17, 15) is 0 Å². The second-order valence-electron chi connectivity index (χ2n) is 15.4. The molecule has 12 nitrogen and oxygen atoms in total. The summed E-state index contributed by atoms with van der Waals surface area (Å²) in [5, 5.41) is 3.95. The maximum absolute atomic E-state index is 7.98. The summed E-state index contributed by atoms with van der Waals surface area (Å²) in [5.41, 5.74) is 6.17. The van der Waals surface area contributed by atoms with Gasteiger partial charge >= 0.3 is 70.4 Å². The molecule has 6 aromatic rings. The fourth-order valence-electron chi connectivity index (χ4n) is 8.45. The third-order valence-corrected chi connectivity index (χ3v) is 45.4. The monoisotopic (exact) mass is 968 g/mol. The fourth-order valence-corrected chi connectivity index (χ4v) is 54.1. The average Bonchev–Trinajstić information content (AvgIpc) is 3.30. The molecule has 0 saturated carbocycles. The first kappa shape index (κ1) is 40.1. The minimum atomic E-state index is -4.69. The molecule has 13 rings (SSSR count). The highest BCUT2D eigenvalue weighted by Crippen LogP contribution is 2.49. The van der Waals surface area contributed by atoms with Crippen LogP contribution in [0.3, 0.4) is 0 Å². The molecule has 4 unspecified atom stereocenters. The lowest BCUT2D eigenvalue weighted by atomic mass is 10.4. The van der Waals surface area contributed by atoms with Gasteiger partial charge in [0.25, 0.3) is 0 Å². The van der Waals surface area contributed by atoms with Gasteiger partial charge in [0.1, 0.15) is 0 Å². The van der Waals surface area contributed by atoms with E-state index < -0.39 is 70.4 Å². The highest BCUT2D eigenvalue weighted by molar-refractivity contribution is 7.13. The Morgan fingerprint density at radius 3 is 0.762 bits per heavy atom. The lowest BCUT2D eigenvalue weighted by Crippen LogP contribution is -2.94. The standard InChI is InChI=1S/C43H36O12Si8/c1-56-44-57(37-23-9-2-10-24-37)47-60(40-29-15-5-16-30-40)49-58(45-56,38-25-11-3-12-26-38)51-62(42-33-19-7-20-34-42)52-59(46-56,39-27-13-4-14-28-39)50-61(48-57,41-31-17-6-18-32-41)54-63(53-60,55-62)43-35-21-8-22-36-43/h2-6,8-19,21-36H,1H3. The van der Waals surface area contributed by atoms with E-state index >= 15 is 0 Å². The molecular weight excluding hydrogens is 933 g/mol. The van der Waals surface area contributed by atoms with Crippen molar-refractivity contribution in [2.45, 2.75) is 6.55 Å². The van der Waals surface area contributed by atoms with Crippen LogP contribution >= 0.6 is 0 Å². The van der Waals surface area contributed by atoms with Crippen molar-refractivity contribution in [1.82, 2.24) is 0 Å². The fraction of sp³-hybridized carbons (Fsp3) is 0.0233. The second-order valence-corrected chi connectivity index (χ2v) is 38.7. The quantitative estimate of drug-likeness (QED) is 0.173. The Morgan fingerprint density at radius 2 is 0.524 bits per heavy atom. The Bertz CT molecular complexity index is 2730. The molecule has 6 fully saturated rings. The van der Waals surface area contributed by atoms with Crippen molar-refractivity contribution in [3.63, 3.8) is 0 Å². The molecule has 0 amide bonds. The maximum Gasteiger partial charge on any atom is 0.516 e. The van der Waals surface area contributed by atoms with Gasteiger partial charge in [0, 0.05) is 42.9 Å². The van der Waals surface area contributed by atoms with Crippen molar-refractivity contribution >= 4 is 102 Å². The van der Waals surface area contributed by atoms with E-state index in [1.807, 2.05) is 188 Å². The molecule has 1 aliphatic carbocycles. The Kier molecular flexibility index (Phi) is 9.45. The maximum atomic E-state index is 7.98. The van der Waals surface area contributed by atoms with Crippen LogP contribution < -0.4 is 31.1 Å². The van der Waals surface area contributed by atoms with Crippen LogP contribution in [0.25, 0.3) is 0 Å².